The number of hydrogen-bond donors (Lipinski definition) is 5. The number of aliphatic hydroxyl groups excluding tert-OH is 4. The van der Waals surface area contributed by atoms with Crippen LogP contribution in [0.3, 0.4) is 0 Å². The molecule has 0 bridgehead atoms. The molecular formula is C6H13NO6. The van der Waals surface area contributed by atoms with E-state index < -0.39 is 37.3 Å². The predicted molar refractivity (Wildman–Crippen MR) is 39.0 cm³/mol. The summed E-state index contributed by atoms with van der Waals surface area (Å²) in [6, 6.07) is 0. The van der Waals surface area contributed by atoms with Gasteiger partial charge in [0.25, 0.3) is 0 Å². The largest absolute Gasteiger partial charge is 0.394 e. The Hall–Kier alpha value is -0.280. The molecule has 6 N–H and O–H groups in total. The molecule has 0 aliphatic carbocycles. The third-order valence-corrected chi connectivity index (χ3v) is 1.98. The minimum absolute atomic E-state index is 0.495. The standard InChI is InChI=1S/C6H13NO6/c7-13-6-5(11)4(10)3(9)2(1-8)12-6/h2-6,8-11H,1,7H2/t2-,3-,4+,5-,6?/m1/s1. The summed E-state index contributed by atoms with van der Waals surface area (Å²) in [7, 11) is 0. The highest BCUT2D eigenvalue weighted by atomic mass is 16.8. The van der Waals surface area contributed by atoms with Gasteiger partial charge in [-0.2, -0.15) is 0 Å². The lowest BCUT2D eigenvalue weighted by Crippen LogP contribution is -2.59. The number of rotatable bonds is 2. The first-order valence-electron chi connectivity index (χ1n) is 3.78. The maximum absolute atomic E-state index is 9.23. The van der Waals surface area contributed by atoms with Crippen molar-refractivity contribution in [2.45, 2.75) is 30.7 Å². The van der Waals surface area contributed by atoms with E-state index in [1.54, 1.807) is 0 Å². The molecule has 1 heterocycles. The monoisotopic (exact) mass is 195 g/mol. The maximum atomic E-state index is 9.23. The van der Waals surface area contributed by atoms with Gasteiger partial charge in [0.15, 0.2) is 0 Å². The summed E-state index contributed by atoms with van der Waals surface area (Å²) < 4.78 is 4.82. The van der Waals surface area contributed by atoms with E-state index in [1.807, 2.05) is 0 Å². The van der Waals surface area contributed by atoms with E-state index in [0.29, 0.717) is 0 Å². The highest BCUT2D eigenvalue weighted by Gasteiger charge is 2.43. The molecule has 13 heavy (non-hydrogen) atoms. The van der Waals surface area contributed by atoms with E-state index in [9.17, 15) is 15.3 Å². The van der Waals surface area contributed by atoms with Crippen molar-refractivity contribution in [2.24, 2.45) is 5.90 Å². The Balaban J connectivity index is 2.66. The zero-order valence-electron chi connectivity index (χ0n) is 6.78. The molecule has 0 aromatic rings. The molecule has 7 nitrogen and oxygen atoms in total. The van der Waals surface area contributed by atoms with Crippen LogP contribution in [0.25, 0.3) is 0 Å². The molecule has 0 radical (unpaired) electrons. The van der Waals surface area contributed by atoms with E-state index in [-0.39, 0.29) is 0 Å². The lowest BCUT2D eigenvalue weighted by molar-refractivity contribution is -0.302. The van der Waals surface area contributed by atoms with E-state index in [4.69, 9.17) is 15.7 Å². The molecule has 1 fully saturated rings. The van der Waals surface area contributed by atoms with Gasteiger partial charge in [-0.15, -0.1) is 0 Å². The smallest absolute Gasteiger partial charge is 0.206 e. The van der Waals surface area contributed by atoms with E-state index in [2.05, 4.69) is 4.84 Å². The lowest BCUT2D eigenvalue weighted by Gasteiger charge is -2.38. The van der Waals surface area contributed by atoms with Crippen molar-refractivity contribution in [3.05, 3.63) is 0 Å². The molecule has 0 saturated carbocycles. The Morgan fingerprint density at radius 3 is 2.23 bits per heavy atom. The van der Waals surface area contributed by atoms with Crippen LogP contribution in [-0.2, 0) is 9.57 Å². The van der Waals surface area contributed by atoms with Gasteiger partial charge in [-0.05, 0) is 0 Å². The summed E-state index contributed by atoms with van der Waals surface area (Å²) >= 11 is 0. The summed E-state index contributed by atoms with van der Waals surface area (Å²) in [5, 5.41) is 36.4. The van der Waals surface area contributed by atoms with Gasteiger partial charge in [0.05, 0.1) is 6.61 Å². The molecule has 1 unspecified atom stereocenters. The Morgan fingerprint density at radius 1 is 1.15 bits per heavy atom. The number of ether oxygens (including phenoxy) is 1. The van der Waals surface area contributed by atoms with Crippen molar-refractivity contribution in [3.8, 4) is 0 Å². The summed E-state index contributed by atoms with van der Waals surface area (Å²) in [6.45, 7) is -0.495. The van der Waals surface area contributed by atoms with Crippen molar-refractivity contribution >= 4 is 0 Å². The van der Waals surface area contributed by atoms with Crippen LogP contribution >= 0.6 is 0 Å². The molecule has 78 valence electrons. The number of aliphatic hydroxyl groups is 4. The predicted octanol–water partition coefficient (Wildman–Crippen LogP) is -3.32. The van der Waals surface area contributed by atoms with Crippen LogP contribution in [-0.4, -0.2) is 57.7 Å². The molecule has 0 amide bonds. The van der Waals surface area contributed by atoms with Crippen molar-refractivity contribution in [2.75, 3.05) is 6.61 Å². The van der Waals surface area contributed by atoms with Gasteiger partial charge in [0.2, 0.25) is 6.29 Å². The fourth-order valence-corrected chi connectivity index (χ4v) is 1.18. The third kappa shape index (κ3) is 1.97. The van der Waals surface area contributed by atoms with Crippen LogP contribution in [0.1, 0.15) is 0 Å². The molecule has 7 heteroatoms. The molecule has 5 atom stereocenters. The van der Waals surface area contributed by atoms with Crippen LogP contribution in [0.15, 0.2) is 0 Å². The molecule has 1 saturated heterocycles. The normalized spacial score (nSPS) is 46.4. The first kappa shape index (κ1) is 10.8. The Kier molecular flexibility index (Phi) is 3.56. The molecule has 1 rings (SSSR count). The van der Waals surface area contributed by atoms with Gasteiger partial charge < -0.3 is 25.2 Å². The van der Waals surface area contributed by atoms with Crippen LogP contribution in [0.5, 0.6) is 0 Å². The second-order valence-electron chi connectivity index (χ2n) is 2.83. The van der Waals surface area contributed by atoms with Gasteiger partial charge in [0, 0.05) is 0 Å². The van der Waals surface area contributed by atoms with Crippen molar-refractivity contribution in [1.82, 2.24) is 0 Å². The van der Waals surface area contributed by atoms with E-state index in [0.717, 1.165) is 0 Å². The topological polar surface area (TPSA) is 125 Å². The quantitative estimate of drug-likeness (QED) is 0.292. The second kappa shape index (κ2) is 4.29. The highest BCUT2D eigenvalue weighted by Crippen LogP contribution is 2.20. The average molecular weight is 195 g/mol. The van der Waals surface area contributed by atoms with E-state index in [1.165, 1.54) is 0 Å². The zero-order chi connectivity index (χ0) is 10.0. The van der Waals surface area contributed by atoms with Gasteiger partial charge in [-0.25, -0.2) is 5.90 Å². The maximum Gasteiger partial charge on any atom is 0.206 e. The number of hydrogen-bond acceptors (Lipinski definition) is 7. The Bertz CT molecular complexity index is 147. The minimum Gasteiger partial charge on any atom is -0.394 e. The Labute approximate surface area is 74.3 Å². The first-order valence-corrected chi connectivity index (χ1v) is 3.78. The molecule has 0 aromatic heterocycles. The van der Waals surface area contributed by atoms with Crippen molar-refractivity contribution in [1.29, 1.82) is 0 Å². The van der Waals surface area contributed by atoms with Crippen LogP contribution in [0.2, 0.25) is 0 Å². The first-order chi connectivity index (χ1) is 6.11. The van der Waals surface area contributed by atoms with Crippen molar-refractivity contribution < 1.29 is 30.0 Å². The van der Waals surface area contributed by atoms with Crippen LogP contribution in [0, 0.1) is 0 Å². The summed E-state index contributed by atoms with van der Waals surface area (Å²) in [4.78, 5) is 4.20. The number of nitrogens with two attached hydrogens (primary N) is 1. The molecule has 0 spiro atoms. The third-order valence-electron chi connectivity index (χ3n) is 1.98. The highest BCUT2D eigenvalue weighted by molar-refractivity contribution is 4.88. The lowest BCUT2D eigenvalue weighted by atomic mass is 9.99. The fourth-order valence-electron chi connectivity index (χ4n) is 1.18. The Morgan fingerprint density at radius 2 is 1.77 bits per heavy atom. The van der Waals surface area contributed by atoms with Gasteiger partial charge in [0.1, 0.15) is 24.4 Å². The SMILES string of the molecule is NOC1O[C@H](CO)[C@@H](O)[C@H](O)[C@H]1O. The van der Waals surface area contributed by atoms with E-state index >= 15 is 0 Å². The summed E-state index contributed by atoms with van der Waals surface area (Å²) in [5.41, 5.74) is 0. The molecular weight excluding hydrogens is 182 g/mol. The average Bonchev–Trinajstić information content (AvgIpc) is 2.15. The second-order valence-corrected chi connectivity index (χ2v) is 2.83. The zero-order valence-corrected chi connectivity index (χ0v) is 6.78. The van der Waals surface area contributed by atoms with Gasteiger partial charge in [-0.1, -0.05) is 0 Å². The van der Waals surface area contributed by atoms with Gasteiger partial charge in [-0.3, -0.25) is 4.84 Å². The summed E-state index contributed by atoms with van der Waals surface area (Å²) in [6.07, 6.45) is -6.48. The minimum atomic E-state index is -1.44. The summed E-state index contributed by atoms with van der Waals surface area (Å²) in [5.74, 6) is 4.76. The van der Waals surface area contributed by atoms with Crippen LogP contribution in [0.4, 0.5) is 0 Å². The fraction of sp³-hybridized carbons (Fsp3) is 1.00. The van der Waals surface area contributed by atoms with Crippen molar-refractivity contribution in [3.63, 3.8) is 0 Å². The molecule has 1 aliphatic rings. The molecule has 0 aromatic carbocycles. The van der Waals surface area contributed by atoms with Crippen LogP contribution < -0.4 is 5.90 Å². The van der Waals surface area contributed by atoms with Gasteiger partial charge >= 0.3 is 0 Å². The molecule has 1 aliphatic heterocycles.